The van der Waals surface area contributed by atoms with E-state index in [1.165, 1.54) is 51.4 Å². The van der Waals surface area contributed by atoms with Gasteiger partial charge in [0.2, 0.25) is 0 Å². The summed E-state index contributed by atoms with van der Waals surface area (Å²) in [4.78, 5) is 21.4. The monoisotopic (exact) mass is 589 g/mol. The molecule has 0 aromatic rings. The molecule has 0 aliphatic carbocycles. The molecule has 12 heteroatoms. The number of unbranched alkanes of at least 4 members (excludes halogenated alkanes) is 13. The first kappa shape index (κ1) is 38.1. The first-order chi connectivity index (χ1) is 17.6. The van der Waals surface area contributed by atoms with Crippen molar-refractivity contribution in [3.05, 3.63) is 0 Å². The predicted molar refractivity (Wildman–Crippen MR) is 152 cm³/mol. The lowest BCUT2D eigenvalue weighted by Gasteiger charge is -2.27. The standard InChI is InChI=1S/C26H58N2O8P2/c1-27(2,3)21-25-35-37(29,30)33-23-19-17-15-13-11-9-7-8-10-12-14-16-18-20-24-34-38(31,32)36-26-22-28(4,5)6/h7-26H2,1-6H3/p+1. The van der Waals surface area contributed by atoms with Gasteiger partial charge in [-0.05, 0) is 12.8 Å². The SMILES string of the molecule is C[N+](C)(C)CCOP(=O)([O-])OCCCCCCCCCCCCCCCCOP(=O)(O)OCC[N+](C)(C)C. The Morgan fingerprint density at radius 2 is 0.763 bits per heavy atom. The number of hydrogen-bond acceptors (Lipinski definition) is 7. The Hall–Kier alpha value is 0.140. The molecule has 38 heavy (non-hydrogen) atoms. The molecule has 10 nitrogen and oxygen atoms in total. The highest BCUT2D eigenvalue weighted by Crippen LogP contribution is 2.43. The molecule has 0 amide bonds. The number of hydrogen-bond donors (Lipinski definition) is 1. The van der Waals surface area contributed by atoms with Crippen LogP contribution in [0.1, 0.15) is 89.9 Å². The summed E-state index contributed by atoms with van der Waals surface area (Å²) in [5, 5.41) is 0. The fourth-order valence-electron chi connectivity index (χ4n) is 3.61. The summed E-state index contributed by atoms with van der Waals surface area (Å²) in [6.07, 6.45) is 15.6. The van der Waals surface area contributed by atoms with Gasteiger partial charge in [0.05, 0.1) is 55.5 Å². The van der Waals surface area contributed by atoms with E-state index in [0.717, 1.165) is 38.5 Å². The van der Waals surface area contributed by atoms with Crippen LogP contribution in [0.15, 0.2) is 0 Å². The van der Waals surface area contributed by atoms with E-state index >= 15 is 0 Å². The fourth-order valence-corrected chi connectivity index (χ4v) is 5.09. The normalized spacial score (nSPS) is 15.9. The van der Waals surface area contributed by atoms with Gasteiger partial charge in [-0.2, -0.15) is 0 Å². The van der Waals surface area contributed by atoms with Gasteiger partial charge in [-0.3, -0.25) is 13.6 Å². The van der Waals surface area contributed by atoms with E-state index in [-0.39, 0.29) is 26.4 Å². The average molecular weight is 590 g/mol. The molecule has 0 radical (unpaired) electrons. The van der Waals surface area contributed by atoms with Crippen LogP contribution in [0.3, 0.4) is 0 Å². The molecule has 0 heterocycles. The van der Waals surface area contributed by atoms with Crippen molar-refractivity contribution < 1.29 is 46.0 Å². The summed E-state index contributed by atoms with van der Waals surface area (Å²) < 4.78 is 44.7. The maximum absolute atomic E-state index is 11.8. The third-order valence-electron chi connectivity index (χ3n) is 6.07. The highest BCUT2D eigenvalue weighted by molar-refractivity contribution is 7.47. The van der Waals surface area contributed by atoms with Gasteiger partial charge in [0.25, 0.3) is 7.82 Å². The van der Waals surface area contributed by atoms with Crippen LogP contribution in [0.4, 0.5) is 0 Å². The van der Waals surface area contributed by atoms with Crippen LogP contribution < -0.4 is 4.89 Å². The van der Waals surface area contributed by atoms with E-state index in [2.05, 4.69) is 0 Å². The maximum atomic E-state index is 11.8. The second-order valence-electron chi connectivity index (χ2n) is 12.2. The summed E-state index contributed by atoms with van der Waals surface area (Å²) in [6.45, 7) is 2.06. The van der Waals surface area contributed by atoms with E-state index in [4.69, 9.17) is 18.1 Å². The van der Waals surface area contributed by atoms with Gasteiger partial charge in [0, 0.05) is 0 Å². The molecule has 0 fully saturated rings. The number of likely N-dealkylation sites (N-methyl/N-ethyl adjacent to an activating group) is 2. The zero-order valence-corrected chi connectivity index (χ0v) is 27.0. The molecular weight excluding hydrogens is 530 g/mol. The second-order valence-corrected chi connectivity index (χ2v) is 15.1. The van der Waals surface area contributed by atoms with Crippen molar-refractivity contribution in [3.63, 3.8) is 0 Å². The van der Waals surface area contributed by atoms with Crippen molar-refractivity contribution in [2.24, 2.45) is 0 Å². The van der Waals surface area contributed by atoms with Gasteiger partial charge in [-0.25, -0.2) is 4.57 Å². The van der Waals surface area contributed by atoms with E-state index in [1.54, 1.807) is 0 Å². The highest BCUT2D eigenvalue weighted by Gasteiger charge is 2.22. The smallest absolute Gasteiger partial charge is 0.472 e. The largest absolute Gasteiger partial charge is 0.756 e. The molecule has 2 unspecified atom stereocenters. The topological polar surface area (TPSA) is 114 Å². The van der Waals surface area contributed by atoms with Gasteiger partial charge in [-0.1, -0.05) is 77.0 Å². The molecule has 0 bridgehead atoms. The Morgan fingerprint density at radius 3 is 1.13 bits per heavy atom. The van der Waals surface area contributed by atoms with E-state index < -0.39 is 15.6 Å². The molecule has 0 aromatic heterocycles. The number of phosphoric ester groups is 2. The molecule has 0 aromatic carbocycles. The minimum Gasteiger partial charge on any atom is -0.756 e. The maximum Gasteiger partial charge on any atom is 0.472 e. The van der Waals surface area contributed by atoms with Crippen LogP contribution in [-0.4, -0.2) is 95.7 Å². The lowest BCUT2D eigenvalue weighted by molar-refractivity contribution is -0.870. The number of nitrogens with zero attached hydrogens (tertiary/aromatic N) is 2. The molecular formula is C26H59N2O8P2+. The third-order valence-corrected chi connectivity index (χ3v) is 8.09. The van der Waals surface area contributed by atoms with Crippen molar-refractivity contribution in [1.29, 1.82) is 0 Å². The van der Waals surface area contributed by atoms with Gasteiger partial charge >= 0.3 is 7.82 Å². The Morgan fingerprint density at radius 1 is 0.500 bits per heavy atom. The van der Waals surface area contributed by atoms with Gasteiger partial charge in [-0.15, -0.1) is 0 Å². The van der Waals surface area contributed by atoms with Crippen LogP contribution in [0.25, 0.3) is 0 Å². The fraction of sp³-hybridized carbons (Fsp3) is 1.00. The third kappa shape index (κ3) is 29.1. The molecule has 0 spiro atoms. The molecule has 2 atom stereocenters. The van der Waals surface area contributed by atoms with Crippen molar-refractivity contribution in [3.8, 4) is 0 Å². The summed E-state index contributed by atoms with van der Waals surface area (Å²) in [7, 11) is 3.85. The van der Waals surface area contributed by atoms with E-state index in [1.807, 2.05) is 42.3 Å². The first-order valence-electron chi connectivity index (χ1n) is 14.4. The summed E-state index contributed by atoms with van der Waals surface area (Å²) in [5.41, 5.74) is 0. The van der Waals surface area contributed by atoms with Crippen molar-refractivity contribution in [2.45, 2.75) is 89.9 Å². The highest BCUT2D eigenvalue weighted by atomic mass is 31.2. The average Bonchev–Trinajstić information content (AvgIpc) is 2.76. The second kappa shape index (κ2) is 20.9. The molecule has 230 valence electrons. The molecule has 0 saturated carbocycles. The van der Waals surface area contributed by atoms with E-state index in [9.17, 15) is 18.9 Å². The van der Waals surface area contributed by atoms with E-state index in [0.29, 0.717) is 22.1 Å². The zero-order valence-electron chi connectivity index (χ0n) is 25.2. The Kier molecular flexibility index (Phi) is 21.0. The first-order valence-corrected chi connectivity index (χ1v) is 17.4. The molecule has 0 aliphatic heterocycles. The number of quaternary nitrogens is 2. The molecule has 0 saturated heterocycles. The van der Waals surface area contributed by atoms with Crippen molar-refractivity contribution >= 4 is 15.6 Å². The van der Waals surface area contributed by atoms with Crippen LogP contribution in [0, 0.1) is 0 Å². The Balaban J connectivity index is 3.39. The molecule has 0 rings (SSSR count). The predicted octanol–water partition coefficient (Wildman–Crippen LogP) is 5.50. The lowest BCUT2D eigenvalue weighted by atomic mass is 10.0. The molecule has 1 N–H and O–H groups in total. The van der Waals surface area contributed by atoms with Crippen molar-refractivity contribution in [2.75, 3.05) is 81.8 Å². The lowest BCUT2D eigenvalue weighted by Crippen LogP contribution is -2.37. The number of rotatable bonds is 27. The van der Waals surface area contributed by atoms with Crippen LogP contribution in [0.2, 0.25) is 0 Å². The van der Waals surface area contributed by atoms with Crippen molar-refractivity contribution in [1.82, 2.24) is 0 Å². The minimum absolute atomic E-state index is 0.143. The van der Waals surface area contributed by atoms with Gasteiger partial charge < -0.3 is 27.8 Å². The van der Waals surface area contributed by atoms with Crippen LogP contribution in [-0.2, 0) is 27.2 Å². The minimum atomic E-state index is -4.17. The molecule has 0 aliphatic rings. The van der Waals surface area contributed by atoms with Crippen LogP contribution >= 0.6 is 15.6 Å². The summed E-state index contributed by atoms with van der Waals surface area (Å²) in [5.74, 6) is 0. The summed E-state index contributed by atoms with van der Waals surface area (Å²) >= 11 is 0. The zero-order chi connectivity index (χ0) is 29.0. The van der Waals surface area contributed by atoms with Gasteiger partial charge in [0.15, 0.2) is 0 Å². The number of phosphoric acid groups is 2. The van der Waals surface area contributed by atoms with Crippen LogP contribution in [0.5, 0.6) is 0 Å². The Labute approximate surface area is 233 Å². The Bertz CT molecular complexity index is 613. The van der Waals surface area contributed by atoms with Gasteiger partial charge in [0.1, 0.15) is 26.3 Å². The quantitative estimate of drug-likeness (QED) is 0.0760. The summed E-state index contributed by atoms with van der Waals surface area (Å²) in [6, 6.07) is 0.